The molecule has 1 fully saturated rings. The van der Waals surface area contributed by atoms with Crippen LogP contribution in [0.5, 0.6) is 0 Å². The number of methoxy groups -OCH3 is 1. The van der Waals surface area contributed by atoms with E-state index in [-0.39, 0.29) is 29.5 Å². The fraction of sp³-hybridized carbons (Fsp3) is 0.273. The average molecular weight is 484 g/mol. The number of oxazole rings is 1. The second-order valence-electron chi connectivity index (χ2n) is 7.85. The van der Waals surface area contributed by atoms with E-state index in [1.54, 1.807) is 30.3 Å². The zero-order valence-corrected chi connectivity index (χ0v) is 18.9. The van der Waals surface area contributed by atoms with Crippen LogP contribution in [0.4, 0.5) is 0 Å². The largest absolute Gasteiger partial charge is 0.465 e. The summed E-state index contributed by atoms with van der Waals surface area (Å²) in [6.45, 7) is 0.474. The van der Waals surface area contributed by atoms with Crippen molar-refractivity contribution in [3.05, 3.63) is 64.5 Å². The van der Waals surface area contributed by atoms with Crippen molar-refractivity contribution in [2.45, 2.75) is 23.7 Å². The van der Waals surface area contributed by atoms with Crippen LogP contribution in [0, 0.1) is 0 Å². The van der Waals surface area contributed by atoms with Gasteiger partial charge in [0.05, 0.1) is 23.1 Å². The lowest BCUT2D eigenvalue weighted by Crippen LogP contribution is -2.38. The predicted molar refractivity (Wildman–Crippen MR) is 119 cm³/mol. The predicted octanol–water partition coefficient (Wildman–Crippen LogP) is 2.53. The van der Waals surface area contributed by atoms with E-state index in [1.165, 1.54) is 23.5 Å². The van der Waals surface area contributed by atoms with Crippen molar-refractivity contribution in [2.75, 3.05) is 20.2 Å². The molecule has 1 saturated heterocycles. The molecule has 0 amide bonds. The van der Waals surface area contributed by atoms with Crippen molar-refractivity contribution < 1.29 is 26.9 Å². The summed E-state index contributed by atoms with van der Waals surface area (Å²) in [6.07, 6.45) is 0.958. The molecule has 0 radical (unpaired) electrons. The summed E-state index contributed by atoms with van der Waals surface area (Å²) in [4.78, 5) is 30.4. The third-order valence-corrected chi connectivity index (χ3v) is 7.79. The Kier molecular flexibility index (Phi) is 5.54. The normalized spacial score (nSPS) is 15.6. The first-order valence-corrected chi connectivity index (χ1v) is 11.9. The number of benzene rings is 2. The topological polar surface area (TPSA) is 149 Å². The van der Waals surface area contributed by atoms with Gasteiger partial charge in [-0.05, 0) is 43.2 Å². The van der Waals surface area contributed by atoms with E-state index < -0.39 is 21.7 Å². The first-order chi connectivity index (χ1) is 16.4. The van der Waals surface area contributed by atoms with Gasteiger partial charge in [-0.15, -0.1) is 0 Å². The summed E-state index contributed by atoms with van der Waals surface area (Å²) < 4.78 is 43.0. The van der Waals surface area contributed by atoms with Crippen LogP contribution in [0.25, 0.3) is 22.5 Å². The Bertz CT molecular complexity index is 1530. The van der Waals surface area contributed by atoms with Crippen LogP contribution < -0.4 is 5.76 Å². The van der Waals surface area contributed by atoms with Gasteiger partial charge >= 0.3 is 11.7 Å². The van der Waals surface area contributed by atoms with Gasteiger partial charge in [0, 0.05) is 24.6 Å². The van der Waals surface area contributed by atoms with E-state index in [4.69, 9.17) is 13.7 Å². The third kappa shape index (κ3) is 3.90. The molecule has 0 bridgehead atoms. The van der Waals surface area contributed by atoms with Gasteiger partial charge in [-0.25, -0.2) is 18.0 Å². The highest BCUT2D eigenvalue weighted by Crippen LogP contribution is 2.32. The summed E-state index contributed by atoms with van der Waals surface area (Å²) in [7, 11) is -2.67. The second-order valence-corrected chi connectivity index (χ2v) is 9.75. The third-order valence-electron chi connectivity index (χ3n) is 5.83. The number of piperidine rings is 1. The zero-order valence-electron chi connectivity index (χ0n) is 18.1. The quantitative estimate of drug-likeness (QED) is 0.422. The second kappa shape index (κ2) is 8.54. The Morgan fingerprint density at radius 1 is 1.18 bits per heavy atom. The van der Waals surface area contributed by atoms with E-state index in [9.17, 15) is 18.0 Å². The molecular formula is C22H20N4O7S. The lowest BCUT2D eigenvalue weighted by molar-refractivity contribution is 0.0596. The van der Waals surface area contributed by atoms with Crippen molar-refractivity contribution in [1.82, 2.24) is 19.4 Å². The minimum absolute atomic E-state index is 0.00360. The van der Waals surface area contributed by atoms with Gasteiger partial charge in [0.1, 0.15) is 0 Å². The average Bonchev–Trinajstić information content (AvgIpc) is 3.49. The van der Waals surface area contributed by atoms with Crippen LogP contribution in [-0.4, -0.2) is 54.0 Å². The Morgan fingerprint density at radius 2 is 1.94 bits per heavy atom. The summed E-state index contributed by atoms with van der Waals surface area (Å²) in [5, 5.41) is 4.03. The van der Waals surface area contributed by atoms with Crippen LogP contribution in [0.1, 0.15) is 35.0 Å². The smallest absolute Gasteiger partial charge is 0.417 e. The van der Waals surface area contributed by atoms with Crippen molar-refractivity contribution >= 4 is 27.1 Å². The molecule has 0 unspecified atom stereocenters. The van der Waals surface area contributed by atoms with Gasteiger partial charge < -0.3 is 13.7 Å². The van der Waals surface area contributed by atoms with Crippen LogP contribution >= 0.6 is 0 Å². The van der Waals surface area contributed by atoms with Crippen LogP contribution in [0.15, 0.2) is 61.1 Å². The number of carbonyl (C=O) groups excluding carboxylic acids is 1. The maximum atomic E-state index is 13.2. The van der Waals surface area contributed by atoms with E-state index in [2.05, 4.69) is 15.1 Å². The molecule has 4 aromatic rings. The molecule has 1 aliphatic rings. The van der Waals surface area contributed by atoms with Crippen molar-refractivity contribution in [3.8, 4) is 11.4 Å². The van der Waals surface area contributed by atoms with Crippen molar-refractivity contribution in [2.24, 2.45) is 0 Å². The molecule has 0 atom stereocenters. The molecule has 0 saturated carbocycles. The molecule has 1 aliphatic heterocycles. The first-order valence-electron chi connectivity index (χ1n) is 10.5. The molecule has 12 heteroatoms. The maximum Gasteiger partial charge on any atom is 0.417 e. The minimum Gasteiger partial charge on any atom is -0.465 e. The molecule has 0 spiro atoms. The molecule has 2 aromatic heterocycles. The highest BCUT2D eigenvalue weighted by atomic mass is 32.2. The lowest BCUT2D eigenvalue weighted by atomic mass is 9.98. The minimum atomic E-state index is -3.88. The number of ether oxygens (including phenoxy) is 1. The standard InChI is InChI=1S/C22H20N4O7S/c1-31-21(27)15-4-2-3-5-18(15)34(29,30)26-10-8-13(9-11-26)20-24-19(25-33-20)14-6-7-16-17(12-14)32-22(28)23-16/h2-7,12-13H,8-11H2,1H3,(H,23,28). The van der Waals surface area contributed by atoms with Gasteiger partial charge in [-0.2, -0.15) is 9.29 Å². The zero-order chi connectivity index (χ0) is 23.9. The number of rotatable bonds is 5. The number of nitrogens with one attached hydrogen (secondary N) is 1. The van der Waals surface area contributed by atoms with Crippen molar-refractivity contribution in [3.63, 3.8) is 0 Å². The highest BCUT2D eigenvalue weighted by Gasteiger charge is 2.34. The SMILES string of the molecule is COC(=O)c1ccccc1S(=O)(=O)N1CCC(c2nc(-c3ccc4[nH]c(=O)oc4c3)no2)CC1. The summed E-state index contributed by atoms with van der Waals surface area (Å²) in [5.41, 5.74) is 1.59. The molecule has 5 rings (SSSR count). The molecule has 176 valence electrons. The number of aromatic amines is 1. The Balaban J connectivity index is 1.32. The fourth-order valence-electron chi connectivity index (χ4n) is 4.06. The molecule has 0 aliphatic carbocycles. The molecule has 3 heterocycles. The van der Waals surface area contributed by atoms with Crippen LogP contribution in [-0.2, 0) is 14.8 Å². The molecule has 2 aromatic carbocycles. The number of esters is 1. The Morgan fingerprint density at radius 3 is 2.71 bits per heavy atom. The van der Waals surface area contributed by atoms with E-state index >= 15 is 0 Å². The maximum absolute atomic E-state index is 13.2. The number of nitrogens with zero attached hydrogens (tertiary/aromatic N) is 3. The first kappa shape index (κ1) is 22.0. The van der Waals surface area contributed by atoms with Gasteiger partial charge in [-0.1, -0.05) is 17.3 Å². The van der Waals surface area contributed by atoms with Gasteiger partial charge in [0.2, 0.25) is 21.7 Å². The van der Waals surface area contributed by atoms with Crippen LogP contribution in [0.3, 0.4) is 0 Å². The van der Waals surface area contributed by atoms with Crippen LogP contribution in [0.2, 0.25) is 0 Å². The van der Waals surface area contributed by atoms with E-state index in [1.807, 2.05) is 0 Å². The summed E-state index contributed by atoms with van der Waals surface area (Å²) >= 11 is 0. The van der Waals surface area contributed by atoms with Gasteiger partial charge in [-0.3, -0.25) is 4.98 Å². The number of carbonyl (C=O) groups is 1. The Hall–Kier alpha value is -3.77. The van der Waals surface area contributed by atoms with E-state index in [0.29, 0.717) is 41.2 Å². The number of H-pyrrole nitrogens is 1. The molecule has 11 nitrogen and oxygen atoms in total. The number of fused-ring (bicyclic) bond motifs is 1. The van der Waals surface area contributed by atoms with Gasteiger partial charge in [0.25, 0.3) is 0 Å². The number of hydrogen-bond acceptors (Lipinski definition) is 9. The van der Waals surface area contributed by atoms with Crippen molar-refractivity contribution in [1.29, 1.82) is 0 Å². The lowest BCUT2D eigenvalue weighted by Gasteiger charge is -2.30. The number of hydrogen-bond donors (Lipinski definition) is 1. The Labute approximate surface area is 193 Å². The fourth-order valence-corrected chi connectivity index (χ4v) is 5.70. The molecule has 34 heavy (non-hydrogen) atoms. The molecule has 1 N–H and O–H groups in total. The summed E-state index contributed by atoms with van der Waals surface area (Å²) in [6, 6.07) is 11.1. The monoisotopic (exact) mass is 484 g/mol. The van der Waals surface area contributed by atoms with Gasteiger partial charge in [0.15, 0.2) is 5.58 Å². The number of sulfonamides is 1. The summed E-state index contributed by atoms with van der Waals surface area (Å²) in [5.74, 6) is -0.598. The number of aromatic nitrogens is 3. The van der Waals surface area contributed by atoms with E-state index in [0.717, 1.165) is 0 Å². The highest BCUT2D eigenvalue weighted by molar-refractivity contribution is 7.89. The molecular weight excluding hydrogens is 464 g/mol.